The van der Waals surface area contributed by atoms with Crippen molar-refractivity contribution >= 4 is 5.96 Å². The first-order valence-electron chi connectivity index (χ1n) is 6.61. The highest BCUT2D eigenvalue weighted by molar-refractivity contribution is 5.78. The fourth-order valence-electron chi connectivity index (χ4n) is 2.41. The lowest BCUT2D eigenvalue weighted by Gasteiger charge is -2.23. The number of hydrogen-bond acceptors (Lipinski definition) is 2. The number of benzene rings is 1. The molecule has 1 aromatic carbocycles. The molecule has 0 radical (unpaired) electrons. The maximum absolute atomic E-state index is 5.92. The second kappa shape index (κ2) is 4.88. The molecule has 1 aliphatic heterocycles. The highest BCUT2D eigenvalue weighted by Gasteiger charge is 2.24. The summed E-state index contributed by atoms with van der Waals surface area (Å²) in [5.41, 5.74) is 7.09. The van der Waals surface area contributed by atoms with Crippen molar-refractivity contribution in [3.63, 3.8) is 0 Å². The van der Waals surface area contributed by atoms with Crippen molar-refractivity contribution in [3.8, 4) is 5.75 Å². The van der Waals surface area contributed by atoms with Crippen molar-refractivity contribution in [3.05, 3.63) is 29.8 Å². The Kier molecular flexibility index (Phi) is 3.09. The Bertz CT molecular complexity index is 454. The van der Waals surface area contributed by atoms with Crippen LogP contribution in [0.3, 0.4) is 0 Å². The molecule has 1 aliphatic carbocycles. The van der Waals surface area contributed by atoms with E-state index in [2.05, 4.69) is 16.4 Å². The van der Waals surface area contributed by atoms with Crippen molar-refractivity contribution < 1.29 is 4.74 Å². The van der Waals surface area contributed by atoms with Crippen LogP contribution in [0.15, 0.2) is 29.3 Å². The predicted octanol–water partition coefficient (Wildman–Crippen LogP) is 1.82. The first-order valence-corrected chi connectivity index (χ1v) is 6.61. The summed E-state index contributed by atoms with van der Waals surface area (Å²) in [5.74, 6) is 2.23. The zero-order valence-corrected chi connectivity index (χ0v) is 10.4. The van der Waals surface area contributed by atoms with E-state index in [1.165, 1.54) is 24.8 Å². The highest BCUT2D eigenvalue weighted by atomic mass is 16.5. The van der Waals surface area contributed by atoms with Crippen molar-refractivity contribution in [2.75, 3.05) is 13.2 Å². The quantitative estimate of drug-likeness (QED) is 0.631. The van der Waals surface area contributed by atoms with Crippen molar-refractivity contribution in [1.29, 1.82) is 0 Å². The van der Waals surface area contributed by atoms with E-state index < -0.39 is 0 Å². The summed E-state index contributed by atoms with van der Waals surface area (Å²) in [7, 11) is 0. The fourth-order valence-corrected chi connectivity index (χ4v) is 2.41. The van der Waals surface area contributed by atoms with Crippen LogP contribution in [-0.2, 0) is 0 Å². The third kappa shape index (κ3) is 2.28. The van der Waals surface area contributed by atoms with Gasteiger partial charge in [-0.1, -0.05) is 24.6 Å². The van der Waals surface area contributed by atoms with Crippen LogP contribution in [0, 0.1) is 5.92 Å². The van der Waals surface area contributed by atoms with Crippen molar-refractivity contribution in [2.45, 2.75) is 25.3 Å². The molecule has 0 spiro atoms. The van der Waals surface area contributed by atoms with Gasteiger partial charge in [-0.2, -0.15) is 0 Å². The Labute approximate surface area is 107 Å². The minimum absolute atomic E-state index is 0.131. The van der Waals surface area contributed by atoms with Gasteiger partial charge in [-0.15, -0.1) is 0 Å². The Morgan fingerprint density at radius 1 is 1.39 bits per heavy atom. The minimum Gasteiger partial charge on any atom is -0.491 e. The highest BCUT2D eigenvalue weighted by Crippen LogP contribution is 2.31. The number of ether oxygens (including phenoxy) is 1. The van der Waals surface area contributed by atoms with E-state index in [1.54, 1.807) is 0 Å². The second-order valence-corrected chi connectivity index (χ2v) is 5.07. The smallest absolute Gasteiger partial charge is 0.189 e. The molecule has 3 rings (SSSR count). The summed E-state index contributed by atoms with van der Waals surface area (Å²) >= 11 is 0. The molecule has 3 N–H and O–H groups in total. The van der Waals surface area contributed by atoms with Crippen molar-refractivity contribution in [1.82, 2.24) is 5.32 Å². The maximum Gasteiger partial charge on any atom is 0.189 e. The second-order valence-electron chi connectivity index (χ2n) is 5.07. The largest absolute Gasteiger partial charge is 0.491 e. The Morgan fingerprint density at radius 2 is 2.22 bits per heavy atom. The summed E-state index contributed by atoms with van der Waals surface area (Å²) in [6.45, 7) is 1.48. The van der Waals surface area contributed by atoms with Gasteiger partial charge in [-0.05, 0) is 24.8 Å². The Balaban J connectivity index is 1.59. The normalized spacial score (nSPS) is 23.1. The molecule has 0 aromatic heterocycles. The van der Waals surface area contributed by atoms with Gasteiger partial charge < -0.3 is 15.8 Å². The Hall–Kier alpha value is -1.71. The molecule has 0 saturated heterocycles. The molecule has 0 amide bonds. The molecule has 18 heavy (non-hydrogen) atoms. The van der Waals surface area contributed by atoms with Crippen LogP contribution in [0.4, 0.5) is 0 Å². The van der Waals surface area contributed by atoms with Gasteiger partial charge in [0.15, 0.2) is 5.96 Å². The molecule has 1 fully saturated rings. The molecule has 4 nitrogen and oxygen atoms in total. The number of guanidine groups is 1. The van der Waals surface area contributed by atoms with E-state index in [0.29, 0.717) is 12.6 Å². The number of hydrogen-bond donors (Lipinski definition) is 2. The van der Waals surface area contributed by atoms with E-state index in [0.717, 1.165) is 18.2 Å². The average Bonchev–Trinajstić information content (AvgIpc) is 2.71. The fraction of sp³-hybridized carbons (Fsp3) is 0.500. The third-order valence-electron chi connectivity index (χ3n) is 3.77. The molecular formula is C14H19N3O. The van der Waals surface area contributed by atoms with Gasteiger partial charge in [-0.3, -0.25) is 4.99 Å². The number of rotatable bonds is 3. The van der Waals surface area contributed by atoms with E-state index >= 15 is 0 Å². The molecule has 1 heterocycles. The Morgan fingerprint density at radius 3 is 3.00 bits per heavy atom. The van der Waals surface area contributed by atoms with Crippen LogP contribution in [0.25, 0.3) is 0 Å². The summed E-state index contributed by atoms with van der Waals surface area (Å²) in [4.78, 5) is 4.41. The van der Waals surface area contributed by atoms with E-state index in [9.17, 15) is 0 Å². The lowest BCUT2D eigenvalue weighted by molar-refractivity contribution is 0.320. The van der Waals surface area contributed by atoms with E-state index in [1.807, 2.05) is 18.2 Å². The summed E-state index contributed by atoms with van der Waals surface area (Å²) in [6.07, 6.45) is 3.94. The van der Waals surface area contributed by atoms with Crippen LogP contribution < -0.4 is 15.8 Å². The van der Waals surface area contributed by atoms with Gasteiger partial charge in [0, 0.05) is 12.1 Å². The minimum atomic E-state index is 0.131. The van der Waals surface area contributed by atoms with E-state index in [-0.39, 0.29) is 6.04 Å². The van der Waals surface area contributed by atoms with Crippen LogP contribution in [0.1, 0.15) is 30.9 Å². The number of nitrogens with zero attached hydrogens (tertiary/aromatic N) is 1. The number of nitrogens with one attached hydrogen (secondary N) is 1. The first-order chi connectivity index (χ1) is 8.83. The predicted molar refractivity (Wildman–Crippen MR) is 71.6 cm³/mol. The van der Waals surface area contributed by atoms with Gasteiger partial charge in [0.25, 0.3) is 0 Å². The molecule has 96 valence electrons. The SMILES string of the molecule is NC(=NCC1CCC1)NC1COc2ccccc21. The van der Waals surface area contributed by atoms with Gasteiger partial charge in [0.05, 0.1) is 6.04 Å². The zero-order chi connectivity index (χ0) is 12.4. The standard InChI is InChI=1S/C14H19N3O/c15-14(16-8-10-4-3-5-10)17-12-9-18-13-7-2-1-6-11(12)13/h1-2,6-7,10,12H,3-5,8-9H2,(H3,15,16,17). The van der Waals surface area contributed by atoms with Gasteiger partial charge >= 0.3 is 0 Å². The van der Waals surface area contributed by atoms with Crippen molar-refractivity contribution in [2.24, 2.45) is 16.6 Å². The maximum atomic E-state index is 5.92. The molecule has 1 saturated carbocycles. The molecule has 1 unspecified atom stereocenters. The molecule has 1 atom stereocenters. The topological polar surface area (TPSA) is 59.6 Å². The van der Waals surface area contributed by atoms with Gasteiger partial charge in [-0.25, -0.2) is 0 Å². The summed E-state index contributed by atoms with van der Waals surface area (Å²) < 4.78 is 5.60. The van der Waals surface area contributed by atoms with E-state index in [4.69, 9.17) is 10.5 Å². The monoisotopic (exact) mass is 245 g/mol. The summed E-state index contributed by atoms with van der Waals surface area (Å²) in [5, 5.41) is 3.24. The average molecular weight is 245 g/mol. The number of aliphatic imine (C=N–C) groups is 1. The van der Waals surface area contributed by atoms with Gasteiger partial charge in [0.2, 0.25) is 0 Å². The molecular weight excluding hydrogens is 226 g/mol. The molecule has 2 aliphatic rings. The van der Waals surface area contributed by atoms with Crippen LogP contribution in [0.2, 0.25) is 0 Å². The first kappa shape index (κ1) is 11.4. The lowest BCUT2D eigenvalue weighted by atomic mass is 9.86. The zero-order valence-electron chi connectivity index (χ0n) is 10.4. The van der Waals surface area contributed by atoms with Gasteiger partial charge in [0.1, 0.15) is 12.4 Å². The van der Waals surface area contributed by atoms with Crippen LogP contribution in [0.5, 0.6) is 5.75 Å². The molecule has 0 bridgehead atoms. The third-order valence-corrected chi connectivity index (χ3v) is 3.77. The molecule has 4 heteroatoms. The summed E-state index contributed by atoms with van der Waals surface area (Å²) in [6, 6.07) is 8.18. The number of para-hydroxylation sites is 1. The number of fused-ring (bicyclic) bond motifs is 1. The number of nitrogens with two attached hydrogens (primary N) is 1. The van der Waals surface area contributed by atoms with Crippen LogP contribution in [-0.4, -0.2) is 19.1 Å². The van der Waals surface area contributed by atoms with Crippen LogP contribution >= 0.6 is 0 Å². The molecule has 1 aromatic rings. The lowest BCUT2D eigenvalue weighted by Crippen LogP contribution is -2.36.